The maximum atomic E-state index is 13.6. The number of esters is 1. The molecule has 2 aromatic carbocycles. The summed E-state index contributed by atoms with van der Waals surface area (Å²) in [5, 5.41) is 1.39. The molecule has 12 heteroatoms. The number of hydrogen-bond acceptors (Lipinski definition) is 7. The van der Waals surface area contributed by atoms with Gasteiger partial charge in [-0.05, 0) is 48.6 Å². The van der Waals surface area contributed by atoms with E-state index in [9.17, 15) is 22.5 Å². The van der Waals surface area contributed by atoms with Gasteiger partial charge in [-0.3, -0.25) is 0 Å². The highest BCUT2D eigenvalue weighted by Gasteiger charge is 2.44. The molecule has 0 spiro atoms. The Hall–Kier alpha value is -3.45. The van der Waals surface area contributed by atoms with E-state index in [0.717, 1.165) is 35.5 Å². The van der Waals surface area contributed by atoms with E-state index in [2.05, 4.69) is 0 Å². The lowest BCUT2D eigenvalue weighted by atomic mass is 9.99. The molecule has 5 rings (SSSR count). The molecule has 8 nitrogen and oxygen atoms in total. The van der Waals surface area contributed by atoms with Crippen LogP contribution in [-0.2, 0) is 35.2 Å². The van der Waals surface area contributed by atoms with E-state index in [1.807, 2.05) is 42.0 Å². The molecule has 1 fully saturated rings. The third-order valence-electron chi connectivity index (χ3n) is 7.70. The van der Waals surface area contributed by atoms with Gasteiger partial charge in [0.15, 0.2) is 4.90 Å². The minimum Gasteiger partial charge on any atom is -0.593 e. The van der Waals surface area contributed by atoms with E-state index < -0.39 is 29.1 Å². The van der Waals surface area contributed by atoms with Crippen LogP contribution in [0.2, 0.25) is 0 Å². The Bertz CT molecular complexity index is 1510. The number of benzene rings is 2. The van der Waals surface area contributed by atoms with Gasteiger partial charge in [-0.2, -0.15) is 13.2 Å². The molecule has 1 aliphatic heterocycles. The predicted octanol–water partition coefficient (Wildman–Crippen LogP) is 4.71. The molecule has 2 aliphatic rings. The molecule has 0 bridgehead atoms. The Balaban J connectivity index is 1.45. The number of fused-ring (bicyclic) bond motifs is 1. The molecule has 0 radical (unpaired) electrons. The van der Waals surface area contributed by atoms with Crippen molar-refractivity contribution in [2.75, 3.05) is 20.7 Å². The lowest BCUT2D eigenvalue weighted by molar-refractivity contribution is -0.137. The van der Waals surface area contributed by atoms with Crippen LogP contribution in [0.5, 0.6) is 0 Å². The zero-order valence-electron chi connectivity index (χ0n) is 23.6. The number of carbonyl (C=O) groups is 1. The molecule has 0 saturated heterocycles. The standard InChI is InChI=1S/C30H34F3N5O3S/c1-18-11-20-7-8-21(30(31,32)33)13-27(20)42(40)37(15-18)16-19-5-4-6-22(12-19)38-10-9-23(29(39)41-3)28(38)25-14-24(25)26(34)17-36(2)35/h4-10,12-13,17-18,24-25H,11,14-16,34-35H2,1-3H3/b26-17-/t18-,24?,25+,42?/m0/s1. The number of aromatic nitrogens is 1. The smallest absolute Gasteiger partial charge is 0.416 e. The quantitative estimate of drug-likeness (QED) is 0.175. The topological polar surface area (TPSA) is 113 Å². The van der Waals surface area contributed by atoms with Crippen molar-refractivity contribution in [1.29, 1.82) is 0 Å². The summed E-state index contributed by atoms with van der Waals surface area (Å²) in [5.74, 6) is 5.37. The van der Waals surface area contributed by atoms with Crippen LogP contribution in [0.4, 0.5) is 13.2 Å². The second-order valence-corrected chi connectivity index (χ2v) is 12.5. The molecule has 0 amide bonds. The van der Waals surface area contributed by atoms with E-state index >= 15 is 0 Å². The number of halogens is 3. The predicted molar refractivity (Wildman–Crippen MR) is 153 cm³/mol. The fraction of sp³-hybridized carbons (Fsp3) is 0.367. The summed E-state index contributed by atoms with van der Waals surface area (Å²) in [7, 11) is 3.02. The molecule has 4 atom stereocenters. The Morgan fingerprint density at radius 3 is 2.69 bits per heavy atom. The van der Waals surface area contributed by atoms with E-state index in [1.54, 1.807) is 23.6 Å². The van der Waals surface area contributed by atoms with Crippen molar-refractivity contribution in [2.24, 2.45) is 23.4 Å². The Kier molecular flexibility index (Phi) is 8.35. The lowest BCUT2D eigenvalue weighted by Gasteiger charge is -2.24. The number of carbonyl (C=O) groups excluding carboxylic acids is 1. The van der Waals surface area contributed by atoms with Gasteiger partial charge in [0.05, 0.1) is 36.1 Å². The van der Waals surface area contributed by atoms with E-state index in [-0.39, 0.29) is 29.2 Å². The molecule has 3 aromatic rings. The minimum atomic E-state index is -4.52. The molecular formula is C30H34F3N5O3S. The summed E-state index contributed by atoms with van der Waals surface area (Å²) in [6.07, 6.45) is 0.239. The van der Waals surface area contributed by atoms with Gasteiger partial charge in [-0.1, -0.05) is 25.1 Å². The van der Waals surface area contributed by atoms with Crippen molar-refractivity contribution in [1.82, 2.24) is 13.9 Å². The average Bonchev–Trinajstić information content (AvgIpc) is 3.63. The maximum absolute atomic E-state index is 13.6. The van der Waals surface area contributed by atoms with Gasteiger partial charge in [0.25, 0.3) is 0 Å². The highest BCUT2D eigenvalue weighted by Crippen LogP contribution is 2.52. The number of methoxy groups -OCH3 is 1. The molecule has 4 N–H and O–H groups in total. The van der Waals surface area contributed by atoms with Crippen molar-refractivity contribution >= 4 is 17.3 Å². The molecule has 2 heterocycles. The molecule has 42 heavy (non-hydrogen) atoms. The maximum Gasteiger partial charge on any atom is 0.416 e. The molecule has 224 valence electrons. The number of rotatable bonds is 7. The van der Waals surface area contributed by atoms with Gasteiger partial charge >= 0.3 is 12.1 Å². The Morgan fingerprint density at radius 2 is 2.00 bits per heavy atom. The first-order valence-corrected chi connectivity index (χ1v) is 14.7. The van der Waals surface area contributed by atoms with Crippen molar-refractivity contribution in [3.8, 4) is 5.69 Å². The van der Waals surface area contributed by atoms with E-state index in [1.165, 1.54) is 18.2 Å². The van der Waals surface area contributed by atoms with E-state index in [0.29, 0.717) is 29.8 Å². The molecule has 1 aromatic heterocycles. The second-order valence-electron chi connectivity index (χ2n) is 11.1. The minimum absolute atomic E-state index is 0.0129. The highest BCUT2D eigenvalue weighted by atomic mass is 32.2. The summed E-state index contributed by atoms with van der Waals surface area (Å²) in [6, 6.07) is 12.9. The molecule has 1 aliphatic carbocycles. The van der Waals surface area contributed by atoms with Crippen molar-refractivity contribution in [3.63, 3.8) is 0 Å². The van der Waals surface area contributed by atoms with Crippen LogP contribution >= 0.6 is 0 Å². The third kappa shape index (κ3) is 6.17. The van der Waals surface area contributed by atoms with Gasteiger partial charge in [-0.15, -0.1) is 4.31 Å². The van der Waals surface area contributed by atoms with Crippen LogP contribution in [0, 0.1) is 11.8 Å². The SMILES string of the molecule is COC(=O)c1ccn(-c2cccc(CN3C[C@@H](C)Cc4ccc(C(F)(F)F)cc4[S+]3[O-])c2)c1[C@@H]1CC1/C(N)=C/N(C)N. The largest absolute Gasteiger partial charge is 0.593 e. The first-order chi connectivity index (χ1) is 19.9. The monoisotopic (exact) mass is 601 g/mol. The number of hydrazine groups is 1. The fourth-order valence-corrected chi connectivity index (χ4v) is 7.25. The zero-order chi connectivity index (χ0) is 30.3. The summed E-state index contributed by atoms with van der Waals surface area (Å²) >= 11 is -1.78. The number of nitrogens with two attached hydrogens (primary N) is 2. The van der Waals surface area contributed by atoms with E-state index in [4.69, 9.17) is 16.3 Å². The van der Waals surface area contributed by atoms with Crippen molar-refractivity contribution < 1.29 is 27.3 Å². The number of nitrogens with zero attached hydrogens (tertiary/aromatic N) is 3. The van der Waals surface area contributed by atoms with Crippen LogP contribution in [0.15, 0.2) is 71.5 Å². The number of ether oxygens (including phenoxy) is 1. The fourth-order valence-electron chi connectivity index (χ4n) is 5.72. The number of alkyl halides is 3. The Morgan fingerprint density at radius 1 is 1.24 bits per heavy atom. The van der Waals surface area contributed by atoms with Gasteiger partial charge < -0.3 is 24.6 Å². The highest BCUT2D eigenvalue weighted by molar-refractivity contribution is 7.89. The van der Waals surface area contributed by atoms with Crippen LogP contribution in [0.1, 0.15) is 52.0 Å². The number of allylic oxidation sites excluding steroid dienone is 1. The average molecular weight is 602 g/mol. The van der Waals surface area contributed by atoms with Gasteiger partial charge in [0.1, 0.15) is 0 Å². The van der Waals surface area contributed by atoms with Gasteiger partial charge in [0, 0.05) is 66.5 Å². The zero-order valence-corrected chi connectivity index (χ0v) is 24.4. The summed E-state index contributed by atoms with van der Waals surface area (Å²) in [4.78, 5) is 12.9. The Labute approximate surface area is 246 Å². The van der Waals surface area contributed by atoms with Crippen molar-refractivity contribution in [3.05, 3.63) is 94.6 Å². The van der Waals surface area contributed by atoms with Crippen LogP contribution in [-0.4, -0.2) is 45.1 Å². The van der Waals surface area contributed by atoms with Crippen molar-refractivity contribution in [2.45, 2.75) is 43.3 Å². The van der Waals surface area contributed by atoms with Crippen LogP contribution in [0.25, 0.3) is 5.69 Å². The van der Waals surface area contributed by atoms with Gasteiger partial charge in [0.2, 0.25) is 0 Å². The normalized spacial score (nSPS) is 22.8. The van der Waals surface area contributed by atoms with Crippen LogP contribution < -0.4 is 11.6 Å². The molecule has 2 unspecified atom stereocenters. The summed E-state index contributed by atoms with van der Waals surface area (Å²) < 4.78 is 62.7. The first-order valence-electron chi connectivity index (χ1n) is 13.6. The molecule has 1 saturated carbocycles. The number of hydrogen-bond donors (Lipinski definition) is 2. The van der Waals surface area contributed by atoms with Crippen LogP contribution in [0.3, 0.4) is 0 Å². The molecular weight excluding hydrogens is 567 g/mol. The van der Waals surface area contributed by atoms with Gasteiger partial charge in [-0.25, -0.2) is 10.6 Å². The lowest BCUT2D eigenvalue weighted by Crippen LogP contribution is -2.33. The summed E-state index contributed by atoms with van der Waals surface area (Å²) in [6.45, 7) is 2.73. The summed E-state index contributed by atoms with van der Waals surface area (Å²) in [5.41, 5.74) is 9.60. The first kappa shape index (κ1) is 30.0. The third-order valence-corrected chi connectivity index (χ3v) is 9.21. The second kappa shape index (κ2) is 11.7.